The molecule has 0 unspecified atom stereocenters. The molecule has 3 rings (SSSR count). The minimum absolute atomic E-state index is 0.0103. The molecule has 0 aromatic heterocycles. The molecule has 10 N–H and O–H groups in total. The molecular weight excluding hydrogens is 769 g/mol. The van der Waals surface area contributed by atoms with Crippen LogP contribution in [0, 0.1) is 5.92 Å². The Morgan fingerprint density at radius 2 is 1.55 bits per heavy atom. The highest BCUT2D eigenvalue weighted by atomic mass is 33.1. The Labute approximate surface area is 333 Å². The van der Waals surface area contributed by atoms with Crippen LogP contribution in [-0.4, -0.2) is 125 Å². The number of nitrogens with two attached hydrogens (primary N) is 2. The third-order valence-corrected chi connectivity index (χ3v) is 12.0. The van der Waals surface area contributed by atoms with Gasteiger partial charge in [-0.25, -0.2) is 0 Å². The van der Waals surface area contributed by atoms with E-state index in [4.69, 9.17) is 16.2 Å². The van der Waals surface area contributed by atoms with Crippen molar-refractivity contribution in [3.8, 4) is 5.75 Å². The first-order valence-corrected chi connectivity index (χ1v) is 21.0. The Balaban J connectivity index is 2.01. The van der Waals surface area contributed by atoms with Crippen molar-refractivity contribution in [1.29, 1.82) is 0 Å². The van der Waals surface area contributed by atoms with Crippen molar-refractivity contribution in [2.75, 3.05) is 31.8 Å². The Kier molecular flexibility index (Phi) is 18.7. The van der Waals surface area contributed by atoms with Gasteiger partial charge in [0, 0.05) is 44.4 Å². The predicted octanol–water partition coefficient (Wildman–Crippen LogP) is -1.03. The van der Waals surface area contributed by atoms with Crippen molar-refractivity contribution in [1.82, 2.24) is 31.5 Å². The van der Waals surface area contributed by atoms with Gasteiger partial charge in [0.2, 0.25) is 47.3 Å². The quantitative estimate of drug-likeness (QED) is 0.118. The molecule has 2 aliphatic rings. The highest BCUT2D eigenvalue weighted by Gasteiger charge is 2.37. The first-order valence-electron chi connectivity index (χ1n) is 18.5. The van der Waals surface area contributed by atoms with Gasteiger partial charge in [0.05, 0.1) is 19.1 Å². The number of amides is 8. The summed E-state index contributed by atoms with van der Waals surface area (Å²) < 4.78 is 5.30. The second-order valence-corrected chi connectivity index (χ2v) is 16.5. The van der Waals surface area contributed by atoms with E-state index in [0.717, 1.165) is 6.42 Å². The lowest BCUT2D eigenvalue weighted by Gasteiger charge is -2.30. The Morgan fingerprint density at radius 3 is 2.20 bits per heavy atom. The molecule has 8 amide bonds. The summed E-state index contributed by atoms with van der Waals surface area (Å²) in [6, 6.07) is -0.681. The van der Waals surface area contributed by atoms with Crippen LogP contribution in [-0.2, 0) is 49.5 Å². The molecule has 2 heterocycles. The number of nitrogens with zero attached hydrogens (tertiary/aromatic N) is 1. The number of hydrogen-bond acceptors (Lipinski definition) is 12. The topological polar surface area (TPSA) is 281 Å². The number of hydrogen-bond donors (Lipinski definition) is 8. The third-order valence-electron chi connectivity index (χ3n) is 9.54. The van der Waals surface area contributed by atoms with Gasteiger partial charge >= 0.3 is 0 Å². The number of likely N-dealkylation sites (tertiary alicyclic amines) is 1. The lowest BCUT2D eigenvalue weighted by Crippen LogP contribution is -2.61. The maximum atomic E-state index is 13.9. The zero-order valence-corrected chi connectivity index (χ0v) is 33.5. The monoisotopic (exact) mass is 822 g/mol. The molecule has 20 heteroatoms. The summed E-state index contributed by atoms with van der Waals surface area (Å²) in [5.41, 5.74) is 11.5. The van der Waals surface area contributed by atoms with Crippen molar-refractivity contribution >= 4 is 68.8 Å². The summed E-state index contributed by atoms with van der Waals surface area (Å²) in [7, 11) is 4.01. The SMILES string of the molecule is CC[C@H](C)[C@@H]1NC(=O)[C@H](Cc2ccc(O)cc2)NC(=O)CCSSC[C@@H](C(=O)N2CCC[C@H]2COC)NC(=O)[C@H](CC(N)=O)NC(=O)[C@H](CCC(N)=O)NC1=O. The third kappa shape index (κ3) is 14.5. The molecule has 0 bridgehead atoms. The molecule has 310 valence electrons. The molecule has 0 saturated carbocycles. The van der Waals surface area contributed by atoms with E-state index in [1.807, 2.05) is 0 Å². The van der Waals surface area contributed by atoms with Gasteiger partial charge in [-0.05, 0) is 42.9 Å². The smallest absolute Gasteiger partial charge is 0.246 e. The lowest BCUT2D eigenvalue weighted by molar-refractivity contribution is -0.139. The summed E-state index contributed by atoms with van der Waals surface area (Å²) >= 11 is 0. The molecule has 2 aliphatic heterocycles. The van der Waals surface area contributed by atoms with Crippen molar-refractivity contribution in [3.05, 3.63) is 29.8 Å². The number of carbonyl (C=O) groups excluding carboxylic acids is 8. The standard InChI is InChI=1S/C36H54N8O10S2/c1-4-20(2)31-35(52)40-24(11-12-28(37)46)32(49)41-26(17-29(38)47)33(50)42-27(36(53)44-14-5-6-22(44)18-54-3)19-56-55-15-13-30(48)39-25(34(51)43-31)16-21-7-9-23(45)10-8-21/h7-10,20,22,24-27,31,45H,4-6,11-19H2,1-3H3,(H2,37,46)(H2,38,47)(H,39,48)(H,40,52)(H,41,49)(H,42,50)(H,43,51)/t20-,22-,24-,25-,26-,27-,31-/m0/s1. The molecule has 0 aliphatic carbocycles. The van der Waals surface area contributed by atoms with Gasteiger partial charge in [-0.15, -0.1) is 0 Å². The fourth-order valence-corrected chi connectivity index (χ4v) is 8.39. The van der Waals surface area contributed by atoms with Gasteiger partial charge in [-0.2, -0.15) is 0 Å². The Hall–Kier alpha value is -4.56. The molecule has 2 saturated heterocycles. The van der Waals surface area contributed by atoms with Crippen molar-refractivity contribution in [3.63, 3.8) is 0 Å². The molecule has 2 fully saturated rings. The maximum Gasteiger partial charge on any atom is 0.246 e. The number of ether oxygens (including phenoxy) is 1. The van der Waals surface area contributed by atoms with Gasteiger partial charge in [0.15, 0.2) is 0 Å². The number of phenols is 1. The Bertz CT molecular complexity index is 1570. The average Bonchev–Trinajstić information content (AvgIpc) is 3.62. The molecule has 0 spiro atoms. The molecule has 1 aromatic rings. The van der Waals surface area contributed by atoms with Gasteiger partial charge in [0.25, 0.3) is 0 Å². The second kappa shape index (κ2) is 22.9. The maximum absolute atomic E-state index is 13.9. The zero-order chi connectivity index (χ0) is 41.4. The van der Waals surface area contributed by atoms with E-state index in [1.165, 1.54) is 40.8 Å². The first kappa shape index (κ1) is 45.8. The van der Waals surface area contributed by atoms with Crippen LogP contribution >= 0.6 is 21.6 Å². The largest absolute Gasteiger partial charge is 0.508 e. The normalized spacial score (nSPS) is 25.5. The minimum atomic E-state index is -1.57. The van der Waals surface area contributed by atoms with Gasteiger partial charge < -0.3 is 52.8 Å². The van der Waals surface area contributed by atoms with Crippen LogP contribution in [0.2, 0.25) is 0 Å². The lowest BCUT2D eigenvalue weighted by atomic mass is 9.96. The van der Waals surface area contributed by atoms with Crippen LogP contribution in [0.25, 0.3) is 0 Å². The van der Waals surface area contributed by atoms with E-state index in [1.54, 1.807) is 30.9 Å². The van der Waals surface area contributed by atoms with E-state index in [0.29, 0.717) is 24.9 Å². The van der Waals surface area contributed by atoms with Crippen LogP contribution in [0.15, 0.2) is 24.3 Å². The Morgan fingerprint density at radius 1 is 0.893 bits per heavy atom. The summed E-state index contributed by atoms with van der Waals surface area (Å²) in [6.07, 6.45) is 0.511. The van der Waals surface area contributed by atoms with Crippen LogP contribution in [0.1, 0.15) is 64.4 Å². The fraction of sp³-hybridized carbons (Fsp3) is 0.611. The molecule has 18 nitrogen and oxygen atoms in total. The van der Waals surface area contributed by atoms with Crippen LogP contribution in [0.3, 0.4) is 0 Å². The van der Waals surface area contributed by atoms with Gasteiger partial charge in [-0.1, -0.05) is 54.0 Å². The van der Waals surface area contributed by atoms with E-state index in [9.17, 15) is 43.5 Å². The number of phenolic OH excluding ortho intramolecular Hbond substituents is 1. The first-order chi connectivity index (χ1) is 26.6. The van der Waals surface area contributed by atoms with Crippen LogP contribution < -0.4 is 38.1 Å². The fourth-order valence-electron chi connectivity index (χ4n) is 6.25. The van der Waals surface area contributed by atoms with Crippen molar-refractivity contribution < 1.29 is 48.2 Å². The minimum Gasteiger partial charge on any atom is -0.508 e. The molecule has 56 heavy (non-hydrogen) atoms. The molecule has 1 aromatic carbocycles. The van der Waals surface area contributed by atoms with Crippen molar-refractivity contribution in [2.24, 2.45) is 17.4 Å². The van der Waals surface area contributed by atoms with Crippen LogP contribution in [0.5, 0.6) is 5.75 Å². The second-order valence-electron chi connectivity index (χ2n) is 13.9. The highest BCUT2D eigenvalue weighted by molar-refractivity contribution is 8.76. The number of benzene rings is 1. The highest BCUT2D eigenvalue weighted by Crippen LogP contribution is 2.26. The number of rotatable bonds is 12. The average molecular weight is 823 g/mol. The van der Waals surface area contributed by atoms with E-state index >= 15 is 0 Å². The molecule has 0 radical (unpaired) electrons. The summed E-state index contributed by atoms with van der Waals surface area (Å²) in [6.45, 7) is 4.20. The number of nitrogens with one attached hydrogen (secondary N) is 5. The number of aromatic hydroxyl groups is 1. The van der Waals surface area contributed by atoms with E-state index in [2.05, 4.69) is 26.6 Å². The summed E-state index contributed by atoms with van der Waals surface area (Å²) in [5, 5.41) is 22.9. The van der Waals surface area contributed by atoms with E-state index in [-0.39, 0.29) is 55.6 Å². The zero-order valence-electron chi connectivity index (χ0n) is 31.9. The number of carbonyl (C=O) groups is 8. The molecular formula is C36H54N8O10S2. The van der Waals surface area contributed by atoms with Gasteiger partial charge in [0.1, 0.15) is 36.0 Å². The van der Waals surface area contributed by atoms with Crippen LogP contribution in [0.4, 0.5) is 0 Å². The number of primary amides is 2. The van der Waals surface area contributed by atoms with E-state index < -0.39 is 89.8 Å². The summed E-state index contributed by atoms with van der Waals surface area (Å²) in [4.78, 5) is 108. The molecule has 7 atom stereocenters. The van der Waals surface area contributed by atoms with Crippen molar-refractivity contribution in [2.45, 2.75) is 101 Å². The predicted molar refractivity (Wildman–Crippen MR) is 209 cm³/mol. The summed E-state index contributed by atoms with van der Waals surface area (Å²) in [5.74, 6) is -6.08. The number of methoxy groups -OCH3 is 1. The van der Waals surface area contributed by atoms with Gasteiger partial charge in [-0.3, -0.25) is 38.4 Å².